The van der Waals surface area contributed by atoms with E-state index in [1.807, 2.05) is 25.1 Å². The zero-order valence-corrected chi connectivity index (χ0v) is 13.7. The molecular formula is C19H28N2O. The fourth-order valence-corrected chi connectivity index (χ4v) is 3.91. The van der Waals surface area contributed by atoms with Crippen LogP contribution in [0.4, 0.5) is 0 Å². The van der Waals surface area contributed by atoms with Crippen LogP contribution in [0.5, 0.6) is 0 Å². The highest BCUT2D eigenvalue weighted by molar-refractivity contribution is 5.83. The van der Waals surface area contributed by atoms with Crippen LogP contribution in [-0.2, 0) is 4.79 Å². The average Bonchev–Trinajstić information content (AvgIpc) is 2.62. The number of rotatable bonds is 3. The Hall–Kier alpha value is -1.35. The predicted molar refractivity (Wildman–Crippen MR) is 89.9 cm³/mol. The lowest BCUT2D eigenvalue weighted by atomic mass is 9.93. The van der Waals surface area contributed by atoms with Gasteiger partial charge in [0.25, 0.3) is 0 Å². The van der Waals surface area contributed by atoms with Crippen LogP contribution >= 0.6 is 0 Å². The van der Waals surface area contributed by atoms with Gasteiger partial charge in [0.05, 0.1) is 5.92 Å². The van der Waals surface area contributed by atoms with Crippen LogP contribution in [0.1, 0.15) is 50.5 Å². The Morgan fingerprint density at radius 3 is 2.27 bits per heavy atom. The summed E-state index contributed by atoms with van der Waals surface area (Å²) < 4.78 is 0. The summed E-state index contributed by atoms with van der Waals surface area (Å²) in [6, 6.07) is 10.9. The number of nitrogens with zero attached hydrogens (tertiary/aromatic N) is 2. The van der Waals surface area contributed by atoms with Crippen molar-refractivity contribution < 1.29 is 4.79 Å². The Kier molecular flexibility index (Phi) is 5.14. The molecule has 3 nitrogen and oxygen atoms in total. The van der Waals surface area contributed by atoms with E-state index in [-0.39, 0.29) is 11.8 Å². The van der Waals surface area contributed by atoms with Gasteiger partial charge in [0.15, 0.2) is 0 Å². The summed E-state index contributed by atoms with van der Waals surface area (Å²) in [5.41, 5.74) is 1.13. The highest BCUT2D eigenvalue weighted by Crippen LogP contribution is 2.24. The lowest BCUT2D eigenvalue weighted by Crippen LogP contribution is -2.53. The zero-order valence-electron chi connectivity index (χ0n) is 13.7. The molecule has 1 aliphatic heterocycles. The van der Waals surface area contributed by atoms with E-state index in [2.05, 4.69) is 21.9 Å². The SMILES string of the molecule is C[C@@H](C(=O)N1CCN(C2CCCCC2)CC1)c1ccccc1. The van der Waals surface area contributed by atoms with E-state index in [4.69, 9.17) is 0 Å². The van der Waals surface area contributed by atoms with Gasteiger partial charge in [-0.2, -0.15) is 0 Å². The van der Waals surface area contributed by atoms with Crippen molar-refractivity contribution in [3.63, 3.8) is 0 Å². The van der Waals surface area contributed by atoms with Gasteiger partial charge >= 0.3 is 0 Å². The second kappa shape index (κ2) is 7.28. The van der Waals surface area contributed by atoms with Crippen molar-refractivity contribution in [2.75, 3.05) is 26.2 Å². The van der Waals surface area contributed by atoms with Gasteiger partial charge in [-0.15, -0.1) is 0 Å². The molecule has 0 radical (unpaired) electrons. The first-order valence-electron chi connectivity index (χ1n) is 8.83. The standard InChI is InChI=1S/C19H28N2O/c1-16(17-8-4-2-5-9-17)19(22)21-14-12-20(13-15-21)18-10-6-3-7-11-18/h2,4-5,8-9,16,18H,3,6-7,10-15H2,1H3/t16-/m1/s1. The summed E-state index contributed by atoms with van der Waals surface area (Å²) >= 11 is 0. The van der Waals surface area contributed by atoms with Gasteiger partial charge in [-0.3, -0.25) is 9.69 Å². The first kappa shape index (κ1) is 15.5. The summed E-state index contributed by atoms with van der Waals surface area (Å²) in [5, 5.41) is 0. The van der Waals surface area contributed by atoms with Gasteiger partial charge in [0.2, 0.25) is 5.91 Å². The number of carbonyl (C=O) groups is 1. The molecule has 1 amide bonds. The molecule has 0 aromatic heterocycles. The van der Waals surface area contributed by atoms with E-state index in [0.717, 1.165) is 37.8 Å². The molecule has 2 aliphatic rings. The third-order valence-electron chi connectivity index (χ3n) is 5.39. The maximum atomic E-state index is 12.7. The van der Waals surface area contributed by atoms with Crippen molar-refractivity contribution in [1.29, 1.82) is 0 Å². The molecule has 120 valence electrons. The Bertz CT molecular complexity index is 473. The van der Waals surface area contributed by atoms with Gasteiger partial charge in [0.1, 0.15) is 0 Å². The van der Waals surface area contributed by atoms with E-state index in [1.165, 1.54) is 32.1 Å². The second-order valence-corrected chi connectivity index (χ2v) is 6.79. The molecule has 1 aliphatic carbocycles. The van der Waals surface area contributed by atoms with E-state index in [9.17, 15) is 4.79 Å². The van der Waals surface area contributed by atoms with Gasteiger partial charge in [-0.25, -0.2) is 0 Å². The minimum absolute atomic E-state index is 0.0255. The fraction of sp³-hybridized carbons (Fsp3) is 0.632. The van der Waals surface area contributed by atoms with Crippen LogP contribution in [0.3, 0.4) is 0 Å². The van der Waals surface area contributed by atoms with Gasteiger partial charge in [-0.05, 0) is 25.3 Å². The van der Waals surface area contributed by atoms with E-state index >= 15 is 0 Å². The summed E-state index contributed by atoms with van der Waals surface area (Å²) in [6.07, 6.45) is 6.88. The third-order valence-corrected chi connectivity index (χ3v) is 5.39. The van der Waals surface area contributed by atoms with Crippen LogP contribution in [0.15, 0.2) is 30.3 Å². The molecule has 1 aromatic carbocycles. The summed E-state index contributed by atoms with van der Waals surface area (Å²) in [6.45, 7) is 5.93. The van der Waals surface area contributed by atoms with Gasteiger partial charge in [-0.1, -0.05) is 49.6 Å². The average molecular weight is 300 g/mol. The molecule has 3 rings (SSSR count). The molecule has 1 saturated carbocycles. The lowest BCUT2D eigenvalue weighted by molar-refractivity contribution is -0.134. The first-order valence-corrected chi connectivity index (χ1v) is 8.83. The summed E-state index contributed by atoms with van der Waals surface area (Å²) in [7, 11) is 0. The molecule has 1 saturated heterocycles. The molecule has 2 fully saturated rings. The monoisotopic (exact) mass is 300 g/mol. The smallest absolute Gasteiger partial charge is 0.229 e. The lowest BCUT2D eigenvalue weighted by Gasteiger charge is -2.41. The zero-order chi connectivity index (χ0) is 15.4. The maximum absolute atomic E-state index is 12.7. The molecule has 0 spiro atoms. The molecule has 1 atom stereocenters. The number of hydrogen-bond acceptors (Lipinski definition) is 2. The van der Waals surface area contributed by atoms with E-state index in [0.29, 0.717) is 0 Å². The first-order chi connectivity index (χ1) is 10.8. The van der Waals surface area contributed by atoms with Crippen molar-refractivity contribution in [2.24, 2.45) is 0 Å². The highest BCUT2D eigenvalue weighted by atomic mass is 16.2. The van der Waals surface area contributed by atoms with E-state index < -0.39 is 0 Å². The Labute approximate surface area is 134 Å². The Morgan fingerprint density at radius 2 is 1.64 bits per heavy atom. The van der Waals surface area contributed by atoms with Crippen molar-refractivity contribution in [1.82, 2.24) is 9.80 Å². The van der Waals surface area contributed by atoms with Crippen molar-refractivity contribution in [3.8, 4) is 0 Å². The summed E-state index contributed by atoms with van der Waals surface area (Å²) in [5.74, 6) is 0.261. The van der Waals surface area contributed by atoms with Crippen molar-refractivity contribution >= 4 is 5.91 Å². The molecule has 3 heteroatoms. The molecule has 0 unspecified atom stereocenters. The van der Waals surface area contributed by atoms with Crippen LogP contribution in [0.2, 0.25) is 0 Å². The Morgan fingerprint density at radius 1 is 1.00 bits per heavy atom. The second-order valence-electron chi connectivity index (χ2n) is 6.79. The maximum Gasteiger partial charge on any atom is 0.229 e. The number of benzene rings is 1. The van der Waals surface area contributed by atoms with Gasteiger partial charge in [0, 0.05) is 32.2 Å². The number of piperazine rings is 1. The van der Waals surface area contributed by atoms with Crippen molar-refractivity contribution in [2.45, 2.75) is 51.0 Å². The Balaban J connectivity index is 1.53. The van der Waals surface area contributed by atoms with Gasteiger partial charge < -0.3 is 4.90 Å². The van der Waals surface area contributed by atoms with Crippen LogP contribution in [0.25, 0.3) is 0 Å². The minimum Gasteiger partial charge on any atom is -0.340 e. The highest BCUT2D eigenvalue weighted by Gasteiger charge is 2.29. The molecule has 1 aromatic rings. The van der Waals surface area contributed by atoms with Crippen LogP contribution < -0.4 is 0 Å². The normalized spacial score (nSPS) is 22.5. The van der Waals surface area contributed by atoms with Crippen LogP contribution in [-0.4, -0.2) is 47.9 Å². The molecule has 0 N–H and O–H groups in total. The number of hydrogen-bond donors (Lipinski definition) is 0. The third kappa shape index (κ3) is 3.52. The molecule has 0 bridgehead atoms. The fourth-order valence-electron chi connectivity index (χ4n) is 3.91. The van der Waals surface area contributed by atoms with Crippen molar-refractivity contribution in [3.05, 3.63) is 35.9 Å². The summed E-state index contributed by atoms with van der Waals surface area (Å²) in [4.78, 5) is 17.4. The topological polar surface area (TPSA) is 23.6 Å². The molecule has 22 heavy (non-hydrogen) atoms. The molecule has 1 heterocycles. The number of carbonyl (C=O) groups excluding carboxylic acids is 1. The van der Waals surface area contributed by atoms with Crippen LogP contribution in [0, 0.1) is 0 Å². The van der Waals surface area contributed by atoms with E-state index in [1.54, 1.807) is 0 Å². The minimum atomic E-state index is -0.0255. The quantitative estimate of drug-likeness (QED) is 0.855. The number of amides is 1. The molecular weight excluding hydrogens is 272 g/mol. The largest absolute Gasteiger partial charge is 0.340 e. The predicted octanol–water partition coefficient (Wildman–Crippen LogP) is 3.27.